The monoisotopic (exact) mass is 340 g/mol. The molecule has 1 aromatic carbocycles. The van der Waals surface area contributed by atoms with Crippen molar-refractivity contribution < 1.29 is 14.2 Å². The zero-order valence-electron chi connectivity index (χ0n) is 10.00. The third kappa shape index (κ3) is 3.54. The summed E-state index contributed by atoms with van der Waals surface area (Å²) in [7, 11) is 0. The third-order valence-electron chi connectivity index (χ3n) is 2.32. The highest BCUT2D eigenvalue weighted by atomic mass is 79.9. The Bertz CT molecular complexity index is 629. The van der Waals surface area contributed by atoms with Crippen molar-refractivity contribution in [2.24, 2.45) is 0 Å². The Labute approximate surface area is 121 Å². The largest absolute Gasteiger partial charge is 0.364 e. The Hall–Kier alpha value is -2.42. The molecule has 0 aliphatic heterocycles. The van der Waals surface area contributed by atoms with Crippen LogP contribution in [0.25, 0.3) is 0 Å². The van der Waals surface area contributed by atoms with Crippen molar-refractivity contribution in [2.75, 3.05) is 5.32 Å². The van der Waals surface area contributed by atoms with Crippen molar-refractivity contribution in [3.8, 4) is 0 Å². The van der Waals surface area contributed by atoms with Crippen LogP contribution < -0.4 is 10.6 Å². The third-order valence-corrected chi connectivity index (χ3v) is 2.99. The van der Waals surface area contributed by atoms with Crippen molar-refractivity contribution >= 4 is 33.3 Å². The second-order valence-corrected chi connectivity index (χ2v) is 4.58. The summed E-state index contributed by atoms with van der Waals surface area (Å²) in [5.41, 5.74) is 0.763. The number of rotatable bonds is 4. The quantitative estimate of drug-likeness (QED) is 0.656. The minimum absolute atomic E-state index is 0.126. The summed E-state index contributed by atoms with van der Waals surface area (Å²) >= 11 is 3.07. The molecule has 0 saturated heterocycles. The van der Waals surface area contributed by atoms with Crippen molar-refractivity contribution in [3.63, 3.8) is 0 Å². The number of urea groups is 1. The first-order valence-electron chi connectivity index (χ1n) is 5.44. The van der Waals surface area contributed by atoms with Gasteiger partial charge in [0.1, 0.15) is 12.0 Å². The van der Waals surface area contributed by atoms with Crippen LogP contribution in [-0.2, 0) is 6.54 Å². The lowest BCUT2D eigenvalue weighted by molar-refractivity contribution is -0.385. The lowest BCUT2D eigenvalue weighted by Crippen LogP contribution is -2.28. The number of nitro benzene ring substituents is 1. The average molecular weight is 341 g/mol. The molecule has 1 aromatic heterocycles. The van der Waals surface area contributed by atoms with E-state index in [1.807, 2.05) is 0 Å². The minimum Gasteiger partial charge on any atom is -0.364 e. The van der Waals surface area contributed by atoms with Gasteiger partial charge in [0.05, 0.1) is 15.9 Å². The predicted octanol–water partition coefficient (Wildman–Crippen LogP) is 2.67. The van der Waals surface area contributed by atoms with E-state index < -0.39 is 11.0 Å². The number of anilines is 1. The number of carbonyl (C=O) groups is 1. The van der Waals surface area contributed by atoms with Crippen LogP contribution in [0.2, 0.25) is 0 Å². The van der Waals surface area contributed by atoms with Crippen LogP contribution in [0.15, 0.2) is 39.5 Å². The van der Waals surface area contributed by atoms with Gasteiger partial charge in [-0.05, 0) is 28.1 Å². The van der Waals surface area contributed by atoms with E-state index in [-0.39, 0.29) is 12.2 Å². The second kappa shape index (κ2) is 6.15. The smallest absolute Gasteiger partial charge is 0.319 e. The lowest BCUT2D eigenvalue weighted by Gasteiger charge is -2.06. The first-order valence-corrected chi connectivity index (χ1v) is 6.23. The van der Waals surface area contributed by atoms with Gasteiger partial charge in [0.2, 0.25) is 0 Å². The van der Waals surface area contributed by atoms with Gasteiger partial charge in [0.15, 0.2) is 0 Å². The van der Waals surface area contributed by atoms with E-state index in [0.29, 0.717) is 15.9 Å². The standard InChI is InChI=1S/C11H9BrN4O4/c12-9-2-1-7(5-10(9)16(18)19)14-11(17)13-6-8-3-4-20-15-8/h1-5H,6H2,(H2,13,14,17). The molecule has 9 heteroatoms. The first-order chi connectivity index (χ1) is 9.56. The fourth-order valence-electron chi connectivity index (χ4n) is 1.41. The maximum atomic E-state index is 11.6. The van der Waals surface area contributed by atoms with Crippen LogP contribution in [0.4, 0.5) is 16.2 Å². The van der Waals surface area contributed by atoms with Crippen LogP contribution in [0, 0.1) is 10.1 Å². The number of nitrogens with one attached hydrogen (secondary N) is 2. The summed E-state index contributed by atoms with van der Waals surface area (Å²) in [4.78, 5) is 21.8. The van der Waals surface area contributed by atoms with Crippen molar-refractivity contribution in [1.82, 2.24) is 10.5 Å². The predicted molar refractivity (Wildman–Crippen MR) is 73.2 cm³/mol. The molecular weight excluding hydrogens is 332 g/mol. The number of carbonyl (C=O) groups excluding carboxylic acids is 1. The van der Waals surface area contributed by atoms with Gasteiger partial charge in [-0.2, -0.15) is 0 Å². The Kier molecular flexibility index (Phi) is 4.31. The summed E-state index contributed by atoms with van der Waals surface area (Å²) in [5.74, 6) is 0. The normalized spacial score (nSPS) is 10.1. The Morgan fingerprint density at radius 3 is 2.90 bits per heavy atom. The number of nitrogens with zero attached hydrogens (tertiary/aromatic N) is 2. The molecule has 0 aliphatic carbocycles. The zero-order chi connectivity index (χ0) is 14.5. The minimum atomic E-state index is -0.539. The number of aromatic nitrogens is 1. The summed E-state index contributed by atoms with van der Waals surface area (Å²) in [6.07, 6.45) is 1.40. The number of hydrogen-bond acceptors (Lipinski definition) is 5. The Balaban J connectivity index is 1.97. The molecule has 104 valence electrons. The highest BCUT2D eigenvalue weighted by molar-refractivity contribution is 9.10. The number of nitro groups is 1. The molecule has 0 fully saturated rings. The molecule has 2 amide bonds. The van der Waals surface area contributed by atoms with Crippen LogP contribution in [0.3, 0.4) is 0 Å². The van der Waals surface area contributed by atoms with Crippen LogP contribution in [0.1, 0.15) is 5.69 Å². The van der Waals surface area contributed by atoms with Gasteiger partial charge < -0.3 is 15.2 Å². The summed E-state index contributed by atoms with van der Waals surface area (Å²) in [6.45, 7) is 0.195. The number of benzene rings is 1. The van der Waals surface area contributed by atoms with Crippen molar-refractivity contribution in [1.29, 1.82) is 0 Å². The molecule has 0 unspecified atom stereocenters. The molecule has 0 saturated carbocycles. The molecule has 0 radical (unpaired) electrons. The van der Waals surface area contributed by atoms with E-state index in [9.17, 15) is 14.9 Å². The molecular formula is C11H9BrN4O4. The second-order valence-electron chi connectivity index (χ2n) is 3.72. The van der Waals surface area contributed by atoms with Crippen LogP contribution in [-0.4, -0.2) is 16.1 Å². The maximum absolute atomic E-state index is 11.6. The van der Waals surface area contributed by atoms with Gasteiger partial charge in [-0.1, -0.05) is 5.16 Å². The number of hydrogen-bond donors (Lipinski definition) is 2. The van der Waals surface area contributed by atoms with E-state index in [1.54, 1.807) is 12.1 Å². The number of amides is 2. The Morgan fingerprint density at radius 1 is 1.45 bits per heavy atom. The van der Waals surface area contributed by atoms with Gasteiger partial charge in [-0.25, -0.2) is 4.79 Å². The Morgan fingerprint density at radius 2 is 2.25 bits per heavy atom. The topological polar surface area (TPSA) is 110 Å². The molecule has 20 heavy (non-hydrogen) atoms. The van der Waals surface area contributed by atoms with E-state index in [1.165, 1.54) is 18.4 Å². The molecule has 0 bridgehead atoms. The highest BCUT2D eigenvalue weighted by Gasteiger charge is 2.13. The van der Waals surface area contributed by atoms with Crippen molar-refractivity contribution in [3.05, 3.63) is 50.8 Å². The van der Waals surface area contributed by atoms with Gasteiger partial charge in [0.25, 0.3) is 5.69 Å². The van der Waals surface area contributed by atoms with E-state index in [2.05, 4.69) is 36.2 Å². The molecule has 2 N–H and O–H groups in total. The first kappa shape index (κ1) is 14.0. The maximum Gasteiger partial charge on any atom is 0.319 e. The fraction of sp³-hybridized carbons (Fsp3) is 0.0909. The molecule has 2 aromatic rings. The molecule has 8 nitrogen and oxygen atoms in total. The van der Waals surface area contributed by atoms with E-state index >= 15 is 0 Å². The summed E-state index contributed by atoms with van der Waals surface area (Å²) < 4.78 is 4.96. The van der Waals surface area contributed by atoms with Gasteiger partial charge in [0, 0.05) is 17.8 Å². The molecule has 2 rings (SSSR count). The average Bonchev–Trinajstić information content (AvgIpc) is 2.91. The van der Waals surface area contributed by atoms with Crippen molar-refractivity contribution in [2.45, 2.75) is 6.54 Å². The summed E-state index contributed by atoms with van der Waals surface area (Å²) in [6, 6.07) is 5.42. The molecule has 0 aliphatic rings. The zero-order valence-corrected chi connectivity index (χ0v) is 11.6. The molecule has 0 atom stereocenters. The SMILES string of the molecule is O=C(NCc1ccon1)Nc1ccc(Br)c([N+](=O)[O-])c1. The van der Waals surface area contributed by atoms with Gasteiger partial charge in [-0.15, -0.1) is 0 Å². The van der Waals surface area contributed by atoms with Crippen LogP contribution >= 0.6 is 15.9 Å². The lowest BCUT2D eigenvalue weighted by atomic mass is 10.3. The van der Waals surface area contributed by atoms with E-state index in [0.717, 1.165) is 0 Å². The highest BCUT2D eigenvalue weighted by Crippen LogP contribution is 2.27. The van der Waals surface area contributed by atoms with Crippen LogP contribution in [0.5, 0.6) is 0 Å². The molecule has 1 heterocycles. The summed E-state index contributed by atoms with van der Waals surface area (Å²) in [5, 5.41) is 19.4. The number of halogens is 1. The molecule has 0 spiro atoms. The van der Waals surface area contributed by atoms with Gasteiger partial charge >= 0.3 is 6.03 Å². The van der Waals surface area contributed by atoms with E-state index in [4.69, 9.17) is 0 Å². The van der Waals surface area contributed by atoms with Gasteiger partial charge in [-0.3, -0.25) is 10.1 Å². The fourth-order valence-corrected chi connectivity index (χ4v) is 1.80.